The average Bonchev–Trinajstić information content (AvgIpc) is 2.80. The number of benzene rings is 3. The van der Waals surface area contributed by atoms with Gasteiger partial charge in [-0.25, -0.2) is 0 Å². The molecule has 4 heteroatoms. The number of nitrogens with one attached hydrogen (secondary N) is 2. The van der Waals surface area contributed by atoms with E-state index in [2.05, 4.69) is 97.8 Å². The molecule has 2 N–H and O–H groups in total. The molecule has 0 radical (unpaired) electrons. The lowest BCUT2D eigenvalue weighted by molar-refractivity contribution is 0.337. The summed E-state index contributed by atoms with van der Waals surface area (Å²) in [4.78, 5) is 0. The van der Waals surface area contributed by atoms with E-state index in [1.807, 2.05) is 13.0 Å². The molecule has 168 valence electrons. The van der Waals surface area contributed by atoms with Crippen LogP contribution in [-0.2, 0) is 12.6 Å². The Morgan fingerprint density at radius 1 is 0.844 bits per heavy atom. The average molecular weight is 447 g/mol. The van der Waals surface area contributed by atoms with E-state index in [0.717, 1.165) is 30.9 Å². The van der Waals surface area contributed by atoms with Gasteiger partial charge in [-0.2, -0.15) is 0 Å². The normalized spacial score (nSPS) is 10.8. The molecule has 0 bridgehead atoms. The monoisotopic (exact) mass is 446 g/mol. The molecular formula is C28H35N2OP. The number of aryl methyl sites for hydroxylation is 2. The highest BCUT2D eigenvalue weighted by Crippen LogP contribution is 2.42. The first-order chi connectivity index (χ1) is 15.6. The van der Waals surface area contributed by atoms with Gasteiger partial charge in [-0.15, -0.1) is 6.58 Å². The van der Waals surface area contributed by atoms with Gasteiger partial charge in [0.25, 0.3) is 0 Å². The lowest BCUT2D eigenvalue weighted by Gasteiger charge is -2.22. The Hall–Kier alpha value is -2.77. The predicted molar refractivity (Wildman–Crippen MR) is 141 cm³/mol. The molecule has 0 unspecified atom stereocenters. The minimum Gasteiger partial charge on any atom is -0.494 e. The summed E-state index contributed by atoms with van der Waals surface area (Å²) in [6, 6.07) is 23.8. The maximum absolute atomic E-state index is 5.97. The molecule has 0 fully saturated rings. The summed E-state index contributed by atoms with van der Waals surface area (Å²) in [6.07, 6.45) is 5.71. The van der Waals surface area contributed by atoms with Gasteiger partial charge in [-0.3, -0.25) is 0 Å². The molecule has 3 aromatic rings. The Morgan fingerprint density at radius 2 is 1.41 bits per heavy atom. The van der Waals surface area contributed by atoms with E-state index in [0.29, 0.717) is 6.61 Å². The summed E-state index contributed by atoms with van der Waals surface area (Å²) < 4.78 is 5.97. The molecule has 0 saturated heterocycles. The number of anilines is 2. The van der Waals surface area contributed by atoms with E-state index >= 15 is 0 Å². The van der Waals surface area contributed by atoms with Gasteiger partial charge in [-0.1, -0.05) is 61.5 Å². The number of ether oxygens (including phenoxy) is 1. The molecule has 0 saturated carbocycles. The van der Waals surface area contributed by atoms with E-state index in [1.54, 1.807) is 0 Å². The van der Waals surface area contributed by atoms with E-state index < -0.39 is 0 Å². The summed E-state index contributed by atoms with van der Waals surface area (Å²) in [7, 11) is -0.376. The zero-order chi connectivity index (χ0) is 22.8. The van der Waals surface area contributed by atoms with Crippen molar-refractivity contribution < 1.29 is 4.74 Å². The third-order valence-electron chi connectivity index (χ3n) is 5.32. The zero-order valence-corrected chi connectivity index (χ0v) is 20.4. The lowest BCUT2D eigenvalue weighted by Crippen LogP contribution is -2.10. The molecule has 0 heterocycles. The van der Waals surface area contributed by atoms with Crippen molar-refractivity contribution in [2.24, 2.45) is 0 Å². The summed E-state index contributed by atoms with van der Waals surface area (Å²) >= 11 is 0. The second kappa shape index (κ2) is 12.3. The van der Waals surface area contributed by atoms with Crippen molar-refractivity contribution in [3.8, 4) is 5.75 Å². The van der Waals surface area contributed by atoms with Crippen LogP contribution in [0, 0.1) is 13.8 Å². The lowest BCUT2D eigenvalue weighted by atomic mass is 10.1. The third kappa shape index (κ3) is 7.43. The number of allylic oxidation sites excluding steroid dienone is 1. The van der Waals surface area contributed by atoms with E-state index in [4.69, 9.17) is 4.74 Å². The maximum Gasteiger partial charge on any atom is 0.122 e. The van der Waals surface area contributed by atoms with Gasteiger partial charge in [0.2, 0.25) is 0 Å². The molecule has 0 aliphatic heterocycles. The smallest absolute Gasteiger partial charge is 0.122 e. The third-order valence-corrected chi connectivity index (χ3v) is 7.31. The van der Waals surface area contributed by atoms with Crippen LogP contribution in [0.2, 0.25) is 0 Å². The molecule has 0 amide bonds. The van der Waals surface area contributed by atoms with Crippen LogP contribution in [0.4, 0.5) is 11.4 Å². The predicted octanol–water partition coefficient (Wildman–Crippen LogP) is 7.55. The first-order valence-corrected chi connectivity index (χ1v) is 13.2. The molecule has 32 heavy (non-hydrogen) atoms. The SMILES string of the molecule is C=CCc1ccc(OCC)c(CP(CNc2ccc(C)cc2)CNc2ccc(C)cc2)c1. The van der Waals surface area contributed by atoms with E-state index in [1.165, 1.54) is 33.6 Å². The highest BCUT2D eigenvalue weighted by molar-refractivity contribution is 7.57. The molecule has 3 rings (SSSR count). The van der Waals surface area contributed by atoms with Crippen LogP contribution < -0.4 is 15.4 Å². The minimum atomic E-state index is -0.376. The molecule has 3 nitrogen and oxygen atoms in total. The van der Waals surface area contributed by atoms with Crippen LogP contribution in [-0.4, -0.2) is 19.2 Å². The molecule has 0 spiro atoms. The van der Waals surface area contributed by atoms with Gasteiger partial charge in [0, 0.05) is 23.9 Å². The standard InChI is InChI=1S/C28H35N2OP/c1-5-7-24-12-17-28(31-6-2)25(18-24)19-32(20-29-26-13-8-22(3)9-14-26)21-30-27-15-10-23(4)11-16-27/h5,8-18,29-30H,1,6-7,19-21H2,2-4H3. The van der Waals surface area contributed by atoms with Gasteiger partial charge >= 0.3 is 0 Å². The molecule has 0 aliphatic carbocycles. The van der Waals surface area contributed by atoms with Crippen molar-refractivity contribution in [3.05, 3.63) is 102 Å². The largest absolute Gasteiger partial charge is 0.494 e. The Bertz CT molecular complexity index is 934. The van der Waals surface area contributed by atoms with Crippen LogP contribution in [0.15, 0.2) is 79.4 Å². The maximum atomic E-state index is 5.97. The van der Waals surface area contributed by atoms with Crippen LogP contribution in [0.3, 0.4) is 0 Å². The topological polar surface area (TPSA) is 33.3 Å². The van der Waals surface area contributed by atoms with Crippen molar-refractivity contribution in [3.63, 3.8) is 0 Å². The Kier molecular flexibility index (Phi) is 9.19. The van der Waals surface area contributed by atoms with E-state index in [-0.39, 0.29) is 7.92 Å². The number of hydrogen-bond donors (Lipinski definition) is 2. The van der Waals surface area contributed by atoms with Crippen molar-refractivity contribution in [1.29, 1.82) is 0 Å². The number of rotatable bonds is 12. The van der Waals surface area contributed by atoms with Crippen molar-refractivity contribution in [1.82, 2.24) is 0 Å². The van der Waals surface area contributed by atoms with Crippen LogP contribution in [0.25, 0.3) is 0 Å². The summed E-state index contributed by atoms with van der Waals surface area (Å²) in [5.74, 6) is 0.999. The Balaban J connectivity index is 1.76. The summed E-state index contributed by atoms with van der Waals surface area (Å²) in [5.41, 5.74) is 7.46. The molecular weight excluding hydrogens is 411 g/mol. The summed E-state index contributed by atoms with van der Waals surface area (Å²) in [6.45, 7) is 10.9. The van der Waals surface area contributed by atoms with Gasteiger partial charge < -0.3 is 15.4 Å². The quantitative estimate of drug-likeness (QED) is 0.223. The highest BCUT2D eigenvalue weighted by Gasteiger charge is 2.14. The highest BCUT2D eigenvalue weighted by atomic mass is 31.1. The van der Waals surface area contributed by atoms with Gasteiger partial charge in [0.15, 0.2) is 0 Å². The number of hydrogen-bond acceptors (Lipinski definition) is 3. The summed E-state index contributed by atoms with van der Waals surface area (Å²) in [5, 5.41) is 7.32. The van der Waals surface area contributed by atoms with Gasteiger partial charge in [0.1, 0.15) is 5.75 Å². The molecule has 0 aliphatic rings. The fraction of sp³-hybridized carbons (Fsp3) is 0.286. The zero-order valence-electron chi connectivity index (χ0n) is 19.5. The fourth-order valence-corrected chi connectivity index (χ4v) is 5.38. The Labute approximate surface area is 194 Å². The first-order valence-electron chi connectivity index (χ1n) is 11.3. The van der Waals surface area contributed by atoms with Crippen LogP contribution >= 0.6 is 7.92 Å². The van der Waals surface area contributed by atoms with Crippen LogP contribution in [0.5, 0.6) is 5.75 Å². The van der Waals surface area contributed by atoms with Crippen molar-refractivity contribution in [2.75, 3.05) is 29.8 Å². The molecule has 0 atom stereocenters. The molecule has 3 aromatic carbocycles. The first kappa shape index (κ1) is 23.9. The molecule has 0 aromatic heterocycles. The fourth-order valence-electron chi connectivity index (χ4n) is 3.50. The minimum absolute atomic E-state index is 0.376. The Morgan fingerprint density at radius 3 is 1.91 bits per heavy atom. The van der Waals surface area contributed by atoms with Gasteiger partial charge in [-0.05, 0) is 74.8 Å². The van der Waals surface area contributed by atoms with Crippen molar-refractivity contribution in [2.45, 2.75) is 33.4 Å². The second-order valence-electron chi connectivity index (χ2n) is 8.10. The van der Waals surface area contributed by atoms with Gasteiger partial charge in [0.05, 0.1) is 6.61 Å². The second-order valence-corrected chi connectivity index (χ2v) is 10.4. The van der Waals surface area contributed by atoms with E-state index in [9.17, 15) is 0 Å². The van der Waals surface area contributed by atoms with Crippen LogP contribution in [0.1, 0.15) is 29.2 Å². The van der Waals surface area contributed by atoms with Crippen molar-refractivity contribution >= 4 is 19.3 Å².